The van der Waals surface area contributed by atoms with E-state index in [2.05, 4.69) is 10.6 Å². The van der Waals surface area contributed by atoms with Gasteiger partial charge in [-0.05, 0) is 18.6 Å². The van der Waals surface area contributed by atoms with Gasteiger partial charge in [0.1, 0.15) is 0 Å². The fourth-order valence-electron chi connectivity index (χ4n) is 1.34. The van der Waals surface area contributed by atoms with E-state index in [-0.39, 0.29) is 25.0 Å². The maximum atomic E-state index is 11.3. The molecule has 0 unspecified atom stereocenters. The Kier molecular flexibility index (Phi) is 6.79. The normalized spacial score (nSPS) is 10.2. The SMILES string of the molecule is CCOC(=O)CCNC(=O)N/C=C/c1ccccc1. The van der Waals surface area contributed by atoms with Crippen molar-refractivity contribution in [3.63, 3.8) is 0 Å². The topological polar surface area (TPSA) is 67.4 Å². The van der Waals surface area contributed by atoms with Crippen LogP contribution in [0.3, 0.4) is 0 Å². The molecule has 1 aromatic rings. The number of benzene rings is 1. The van der Waals surface area contributed by atoms with Crippen LogP contribution in [-0.2, 0) is 9.53 Å². The van der Waals surface area contributed by atoms with Gasteiger partial charge in [0.2, 0.25) is 0 Å². The van der Waals surface area contributed by atoms with Crippen molar-refractivity contribution < 1.29 is 14.3 Å². The van der Waals surface area contributed by atoms with Crippen molar-refractivity contribution in [2.45, 2.75) is 13.3 Å². The Hall–Kier alpha value is -2.30. The van der Waals surface area contributed by atoms with E-state index in [0.29, 0.717) is 6.61 Å². The third kappa shape index (κ3) is 6.88. The molecule has 2 amide bonds. The Balaban J connectivity index is 2.18. The van der Waals surface area contributed by atoms with E-state index in [1.54, 1.807) is 19.2 Å². The van der Waals surface area contributed by atoms with Crippen molar-refractivity contribution in [2.24, 2.45) is 0 Å². The van der Waals surface area contributed by atoms with E-state index in [1.807, 2.05) is 30.3 Å². The molecule has 2 N–H and O–H groups in total. The Labute approximate surface area is 112 Å². The lowest BCUT2D eigenvalue weighted by molar-refractivity contribution is -0.142. The molecule has 0 spiro atoms. The van der Waals surface area contributed by atoms with E-state index >= 15 is 0 Å². The molecule has 0 saturated carbocycles. The van der Waals surface area contributed by atoms with Crippen LogP contribution in [0.5, 0.6) is 0 Å². The summed E-state index contributed by atoms with van der Waals surface area (Å²) in [4.78, 5) is 22.4. The lowest BCUT2D eigenvalue weighted by Crippen LogP contribution is -2.33. The monoisotopic (exact) mass is 262 g/mol. The highest BCUT2D eigenvalue weighted by molar-refractivity contribution is 5.77. The van der Waals surface area contributed by atoms with Crippen LogP contribution in [0.15, 0.2) is 36.5 Å². The molecular formula is C14H18N2O3. The van der Waals surface area contributed by atoms with Gasteiger partial charge in [0, 0.05) is 12.7 Å². The van der Waals surface area contributed by atoms with Gasteiger partial charge in [0.25, 0.3) is 0 Å². The first-order chi connectivity index (χ1) is 9.22. The smallest absolute Gasteiger partial charge is 0.318 e. The summed E-state index contributed by atoms with van der Waals surface area (Å²) in [6.07, 6.45) is 3.50. The fraction of sp³-hybridized carbons (Fsp3) is 0.286. The Morgan fingerprint density at radius 1 is 1.26 bits per heavy atom. The van der Waals surface area contributed by atoms with Crippen LogP contribution >= 0.6 is 0 Å². The van der Waals surface area contributed by atoms with Crippen molar-refractivity contribution in [3.05, 3.63) is 42.1 Å². The Morgan fingerprint density at radius 2 is 2.00 bits per heavy atom. The summed E-state index contributed by atoms with van der Waals surface area (Å²) in [6, 6.07) is 9.26. The molecule has 5 heteroatoms. The maximum absolute atomic E-state index is 11.3. The third-order valence-corrected chi connectivity index (χ3v) is 2.21. The largest absolute Gasteiger partial charge is 0.466 e. The van der Waals surface area contributed by atoms with Crippen LogP contribution in [0.2, 0.25) is 0 Å². The lowest BCUT2D eigenvalue weighted by Gasteiger charge is -2.04. The van der Waals surface area contributed by atoms with Crippen molar-refractivity contribution >= 4 is 18.1 Å². The molecule has 0 heterocycles. The molecule has 0 saturated heterocycles. The summed E-state index contributed by atoms with van der Waals surface area (Å²) in [7, 11) is 0. The molecule has 1 aromatic carbocycles. The van der Waals surface area contributed by atoms with Gasteiger partial charge in [-0.25, -0.2) is 4.79 Å². The van der Waals surface area contributed by atoms with Crippen LogP contribution in [0.1, 0.15) is 18.9 Å². The molecule has 0 fully saturated rings. The van der Waals surface area contributed by atoms with E-state index in [1.165, 1.54) is 0 Å². The summed E-state index contributed by atoms with van der Waals surface area (Å²) < 4.78 is 4.74. The Morgan fingerprint density at radius 3 is 2.68 bits per heavy atom. The standard InChI is InChI=1S/C14H18N2O3/c1-2-19-13(17)9-11-16-14(18)15-10-8-12-6-4-3-5-7-12/h3-8,10H,2,9,11H2,1H3,(H2,15,16,18)/b10-8+. The number of ether oxygens (including phenoxy) is 1. The second-order valence-corrected chi connectivity index (χ2v) is 3.70. The zero-order chi connectivity index (χ0) is 13.9. The van der Waals surface area contributed by atoms with Crippen molar-refractivity contribution in [1.29, 1.82) is 0 Å². The maximum Gasteiger partial charge on any atom is 0.318 e. The first-order valence-corrected chi connectivity index (χ1v) is 6.14. The number of amides is 2. The van der Waals surface area contributed by atoms with Gasteiger partial charge in [-0.1, -0.05) is 30.3 Å². The molecule has 0 aliphatic carbocycles. The van der Waals surface area contributed by atoms with Crippen LogP contribution in [-0.4, -0.2) is 25.2 Å². The van der Waals surface area contributed by atoms with Crippen molar-refractivity contribution in [1.82, 2.24) is 10.6 Å². The average Bonchev–Trinajstić information content (AvgIpc) is 2.40. The van der Waals surface area contributed by atoms with E-state index < -0.39 is 0 Å². The van der Waals surface area contributed by atoms with Gasteiger partial charge in [0.15, 0.2) is 0 Å². The molecule has 102 valence electrons. The zero-order valence-corrected chi connectivity index (χ0v) is 10.9. The second-order valence-electron chi connectivity index (χ2n) is 3.70. The van der Waals surface area contributed by atoms with Gasteiger partial charge in [-0.3, -0.25) is 4.79 Å². The van der Waals surface area contributed by atoms with Gasteiger partial charge in [-0.15, -0.1) is 0 Å². The van der Waals surface area contributed by atoms with E-state index in [9.17, 15) is 9.59 Å². The van der Waals surface area contributed by atoms with Crippen LogP contribution in [0, 0.1) is 0 Å². The molecule has 0 radical (unpaired) electrons. The second kappa shape index (κ2) is 8.74. The lowest BCUT2D eigenvalue weighted by atomic mass is 10.2. The molecule has 0 aromatic heterocycles. The summed E-state index contributed by atoms with van der Waals surface area (Å²) in [6.45, 7) is 2.35. The number of nitrogens with one attached hydrogen (secondary N) is 2. The van der Waals surface area contributed by atoms with E-state index in [4.69, 9.17) is 4.74 Å². The number of hydrogen-bond donors (Lipinski definition) is 2. The number of carbonyl (C=O) groups excluding carboxylic acids is 2. The molecule has 5 nitrogen and oxygen atoms in total. The first kappa shape index (κ1) is 14.8. The van der Waals surface area contributed by atoms with Crippen molar-refractivity contribution in [3.8, 4) is 0 Å². The highest BCUT2D eigenvalue weighted by Gasteiger charge is 2.02. The van der Waals surface area contributed by atoms with Crippen molar-refractivity contribution in [2.75, 3.05) is 13.2 Å². The summed E-state index contributed by atoms with van der Waals surface area (Å²) in [5.41, 5.74) is 0.995. The minimum absolute atomic E-state index is 0.170. The van der Waals surface area contributed by atoms with Crippen LogP contribution in [0.25, 0.3) is 6.08 Å². The fourth-order valence-corrected chi connectivity index (χ4v) is 1.34. The summed E-state index contributed by atoms with van der Waals surface area (Å²) >= 11 is 0. The number of urea groups is 1. The van der Waals surface area contributed by atoms with Crippen LogP contribution < -0.4 is 10.6 Å². The minimum Gasteiger partial charge on any atom is -0.466 e. The zero-order valence-electron chi connectivity index (χ0n) is 10.9. The van der Waals surface area contributed by atoms with Gasteiger partial charge in [-0.2, -0.15) is 0 Å². The predicted octanol–water partition coefficient (Wildman–Crippen LogP) is 1.91. The van der Waals surface area contributed by atoms with Crippen LogP contribution in [0.4, 0.5) is 4.79 Å². The van der Waals surface area contributed by atoms with Gasteiger partial charge >= 0.3 is 12.0 Å². The minimum atomic E-state index is -0.350. The number of esters is 1. The predicted molar refractivity (Wildman–Crippen MR) is 73.3 cm³/mol. The number of carbonyl (C=O) groups is 2. The molecule has 1 rings (SSSR count). The highest BCUT2D eigenvalue weighted by atomic mass is 16.5. The molecule has 0 aliphatic heterocycles. The molecule has 0 aliphatic rings. The highest BCUT2D eigenvalue weighted by Crippen LogP contribution is 1.99. The third-order valence-electron chi connectivity index (χ3n) is 2.21. The van der Waals surface area contributed by atoms with Gasteiger partial charge in [0.05, 0.1) is 13.0 Å². The quantitative estimate of drug-likeness (QED) is 0.769. The summed E-state index contributed by atoms with van der Waals surface area (Å²) in [5, 5.41) is 5.11. The Bertz CT molecular complexity index is 430. The molecule has 0 atom stereocenters. The first-order valence-electron chi connectivity index (χ1n) is 6.14. The van der Waals surface area contributed by atoms with Gasteiger partial charge < -0.3 is 15.4 Å². The number of rotatable bonds is 6. The van der Waals surface area contributed by atoms with E-state index in [0.717, 1.165) is 5.56 Å². The molecule has 19 heavy (non-hydrogen) atoms. The average molecular weight is 262 g/mol. The molecular weight excluding hydrogens is 244 g/mol. The number of hydrogen-bond acceptors (Lipinski definition) is 3. The summed E-state index contributed by atoms with van der Waals surface area (Å²) in [5.74, 6) is -0.317. The molecule has 0 bridgehead atoms.